The Hall–Kier alpha value is -3.26. The lowest BCUT2D eigenvalue weighted by Crippen LogP contribution is -2.46. The molecule has 2 aromatic rings. The Kier molecular flexibility index (Phi) is 7.80. The fourth-order valence-electron chi connectivity index (χ4n) is 4.98. The summed E-state index contributed by atoms with van der Waals surface area (Å²) in [6, 6.07) is 12.2. The molecule has 2 aliphatic heterocycles. The zero-order chi connectivity index (χ0) is 24.9. The van der Waals surface area contributed by atoms with Crippen LogP contribution in [0.15, 0.2) is 36.4 Å². The van der Waals surface area contributed by atoms with Gasteiger partial charge in [-0.25, -0.2) is 0 Å². The van der Waals surface area contributed by atoms with Gasteiger partial charge in [0.2, 0.25) is 17.6 Å². The first-order chi connectivity index (χ1) is 16.9. The van der Waals surface area contributed by atoms with Crippen LogP contribution in [0.4, 0.5) is 5.69 Å². The van der Waals surface area contributed by atoms with Crippen molar-refractivity contribution < 1.29 is 23.8 Å². The zero-order valence-electron chi connectivity index (χ0n) is 21.0. The fourth-order valence-corrected chi connectivity index (χ4v) is 4.98. The van der Waals surface area contributed by atoms with Crippen LogP contribution in [0.25, 0.3) is 0 Å². The predicted molar refractivity (Wildman–Crippen MR) is 134 cm³/mol. The minimum Gasteiger partial charge on any atom is -0.493 e. The molecule has 1 atom stereocenters. The molecule has 0 saturated carbocycles. The first-order valence-electron chi connectivity index (χ1n) is 12.1. The van der Waals surface area contributed by atoms with Gasteiger partial charge < -0.3 is 24.4 Å². The van der Waals surface area contributed by atoms with E-state index in [9.17, 15) is 9.59 Å². The fraction of sp³-hybridized carbons (Fsp3) is 0.481. The molecule has 35 heavy (non-hydrogen) atoms. The van der Waals surface area contributed by atoms with E-state index in [1.54, 1.807) is 17.0 Å². The summed E-state index contributed by atoms with van der Waals surface area (Å²) >= 11 is 0. The van der Waals surface area contributed by atoms with Gasteiger partial charge in [-0.3, -0.25) is 14.5 Å². The number of likely N-dealkylation sites (tertiary alicyclic amines) is 1. The lowest BCUT2D eigenvalue weighted by atomic mass is 10.0. The van der Waals surface area contributed by atoms with Crippen LogP contribution in [0, 0.1) is 12.8 Å². The van der Waals surface area contributed by atoms with Gasteiger partial charge >= 0.3 is 0 Å². The van der Waals surface area contributed by atoms with Gasteiger partial charge in [-0.1, -0.05) is 29.8 Å². The quantitative estimate of drug-likeness (QED) is 0.624. The largest absolute Gasteiger partial charge is 0.493 e. The molecule has 4 rings (SSSR count). The minimum absolute atomic E-state index is 0.0505. The number of anilines is 1. The number of nitrogens with one attached hydrogen (secondary N) is 1. The van der Waals surface area contributed by atoms with E-state index in [1.807, 2.05) is 0 Å². The first-order valence-corrected chi connectivity index (χ1v) is 12.1. The molecule has 0 radical (unpaired) electrons. The van der Waals surface area contributed by atoms with Crippen molar-refractivity contribution in [2.24, 2.45) is 5.92 Å². The number of carbonyl (C=O) groups is 2. The van der Waals surface area contributed by atoms with Gasteiger partial charge in [0, 0.05) is 50.8 Å². The second-order valence-corrected chi connectivity index (χ2v) is 9.34. The second-order valence-electron chi connectivity index (χ2n) is 9.34. The molecule has 2 amide bonds. The van der Waals surface area contributed by atoms with E-state index in [2.05, 4.69) is 41.4 Å². The highest BCUT2D eigenvalue weighted by Crippen LogP contribution is 2.42. The van der Waals surface area contributed by atoms with Crippen LogP contribution in [-0.2, 0) is 16.1 Å². The molecule has 8 nitrogen and oxygen atoms in total. The summed E-state index contributed by atoms with van der Waals surface area (Å²) < 4.78 is 16.2. The standard InChI is InChI=1S/C27H35N3O5/c1-18-6-5-7-19(12-18)16-29-10-8-21(9-11-29)28-27(32)20-13-25(31)30(17-20)22-14-23(33-2)26(35-4)24(15-22)34-3/h5-7,12,14-15,20-21H,8-11,13,16-17H2,1-4H3,(H,28,32). The predicted octanol–water partition coefficient (Wildman–Crippen LogP) is 3.15. The van der Waals surface area contributed by atoms with E-state index in [0.717, 1.165) is 32.5 Å². The van der Waals surface area contributed by atoms with Crippen molar-refractivity contribution in [3.63, 3.8) is 0 Å². The number of ether oxygens (including phenoxy) is 3. The topological polar surface area (TPSA) is 80.3 Å². The molecule has 2 saturated heterocycles. The van der Waals surface area contributed by atoms with Crippen LogP contribution in [0.1, 0.15) is 30.4 Å². The molecule has 2 heterocycles. The molecule has 0 bridgehead atoms. The summed E-state index contributed by atoms with van der Waals surface area (Å²) in [5, 5.41) is 3.20. The van der Waals surface area contributed by atoms with Crippen molar-refractivity contribution in [1.82, 2.24) is 10.2 Å². The average molecular weight is 482 g/mol. The third-order valence-corrected chi connectivity index (χ3v) is 6.88. The highest BCUT2D eigenvalue weighted by Gasteiger charge is 2.37. The van der Waals surface area contributed by atoms with E-state index < -0.39 is 0 Å². The van der Waals surface area contributed by atoms with E-state index in [4.69, 9.17) is 14.2 Å². The van der Waals surface area contributed by atoms with Gasteiger partial charge in [-0.2, -0.15) is 0 Å². The molecule has 2 fully saturated rings. The molecule has 1 unspecified atom stereocenters. The lowest BCUT2D eigenvalue weighted by Gasteiger charge is -2.33. The zero-order valence-corrected chi connectivity index (χ0v) is 21.0. The summed E-state index contributed by atoms with van der Waals surface area (Å²) in [5.41, 5.74) is 3.23. The molecule has 8 heteroatoms. The number of nitrogens with zero attached hydrogens (tertiary/aromatic N) is 2. The number of rotatable bonds is 8. The van der Waals surface area contributed by atoms with Crippen molar-refractivity contribution >= 4 is 17.5 Å². The molecule has 0 spiro atoms. The average Bonchev–Trinajstić information content (AvgIpc) is 3.26. The Bertz CT molecular complexity index is 1040. The van der Waals surface area contributed by atoms with Gasteiger partial charge in [0.15, 0.2) is 11.5 Å². The highest BCUT2D eigenvalue weighted by molar-refractivity contribution is 6.00. The minimum atomic E-state index is -0.382. The van der Waals surface area contributed by atoms with E-state index in [-0.39, 0.29) is 30.2 Å². The maximum atomic E-state index is 13.0. The van der Waals surface area contributed by atoms with Crippen molar-refractivity contribution in [3.05, 3.63) is 47.5 Å². The SMILES string of the molecule is COc1cc(N2CC(C(=O)NC3CCN(Cc4cccc(C)c4)CC3)CC2=O)cc(OC)c1OC. The lowest BCUT2D eigenvalue weighted by molar-refractivity contribution is -0.127. The van der Waals surface area contributed by atoms with Crippen LogP contribution < -0.4 is 24.4 Å². The summed E-state index contributed by atoms with van der Waals surface area (Å²) in [7, 11) is 4.61. The second kappa shape index (κ2) is 11.0. The molecular weight excluding hydrogens is 446 g/mol. The Morgan fingerprint density at radius 1 is 1.03 bits per heavy atom. The molecule has 0 aromatic heterocycles. The number of hydrogen-bond donors (Lipinski definition) is 1. The van der Waals surface area contributed by atoms with Crippen LogP contribution in [-0.4, -0.2) is 63.7 Å². The van der Waals surface area contributed by atoms with Gasteiger partial charge in [0.25, 0.3) is 0 Å². The van der Waals surface area contributed by atoms with Crippen molar-refractivity contribution in [2.45, 2.75) is 38.8 Å². The van der Waals surface area contributed by atoms with Crippen molar-refractivity contribution in [1.29, 1.82) is 0 Å². The molecule has 0 aliphatic carbocycles. The molecule has 2 aliphatic rings. The number of carbonyl (C=O) groups excluding carboxylic acids is 2. The monoisotopic (exact) mass is 481 g/mol. The molecular formula is C27H35N3O5. The Balaban J connectivity index is 1.33. The van der Waals surface area contributed by atoms with Crippen molar-refractivity contribution in [2.75, 3.05) is 45.9 Å². The number of hydrogen-bond acceptors (Lipinski definition) is 6. The molecule has 188 valence electrons. The highest BCUT2D eigenvalue weighted by atomic mass is 16.5. The first kappa shape index (κ1) is 24.9. The number of methoxy groups -OCH3 is 3. The molecule has 2 aromatic carbocycles. The normalized spacial score (nSPS) is 19.0. The van der Waals surface area contributed by atoms with Crippen molar-refractivity contribution in [3.8, 4) is 17.2 Å². The van der Waals surface area contributed by atoms with Crippen LogP contribution in [0.2, 0.25) is 0 Å². The van der Waals surface area contributed by atoms with E-state index in [1.165, 1.54) is 32.5 Å². The van der Waals surface area contributed by atoms with Gasteiger partial charge in [0.05, 0.1) is 32.9 Å². The maximum Gasteiger partial charge on any atom is 0.227 e. The third-order valence-electron chi connectivity index (χ3n) is 6.88. The Morgan fingerprint density at radius 3 is 2.31 bits per heavy atom. The number of amides is 2. The van der Waals surface area contributed by atoms with Crippen LogP contribution in [0.5, 0.6) is 17.2 Å². The number of piperidine rings is 1. The summed E-state index contributed by atoms with van der Waals surface area (Å²) in [4.78, 5) is 29.9. The summed E-state index contributed by atoms with van der Waals surface area (Å²) in [5.74, 6) is 0.887. The van der Waals surface area contributed by atoms with Gasteiger partial charge in [-0.15, -0.1) is 0 Å². The van der Waals surface area contributed by atoms with Crippen LogP contribution >= 0.6 is 0 Å². The van der Waals surface area contributed by atoms with E-state index in [0.29, 0.717) is 29.5 Å². The summed E-state index contributed by atoms with van der Waals surface area (Å²) in [6.45, 7) is 5.26. The van der Waals surface area contributed by atoms with Gasteiger partial charge in [-0.05, 0) is 25.3 Å². The van der Waals surface area contributed by atoms with Gasteiger partial charge in [0.1, 0.15) is 0 Å². The summed E-state index contributed by atoms with van der Waals surface area (Å²) in [6.07, 6.45) is 2.01. The third kappa shape index (κ3) is 5.70. The van der Waals surface area contributed by atoms with Crippen LogP contribution in [0.3, 0.4) is 0 Å². The number of benzene rings is 2. The smallest absolute Gasteiger partial charge is 0.227 e. The maximum absolute atomic E-state index is 13.0. The number of aryl methyl sites for hydroxylation is 1. The Labute approximate surface area is 207 Å². The molecule has 1 N–H and O–H groups in total. The van der Waals surface area contributed by atoms with E-state index >= 15 is 0 Å². The Morgan fingerprint density at radius 2 is 1.71 bits per heavy atom.